The fourth-order valence-corrected chi connectivity index (χ4v) is 6.46. The van der Waals surface area contributed by atoms with Crippen LogP contribution in [0.4, 0.5) is 8.78 Å². The van der Waals surface area contributed by atoms with Crippen LogP contribution in [-0.4, -0.2) is 23.5 Å². The van der Waals surface area contributed by atoms with Gasteiger partial charge in [0, 0.05) is 29.2 Å². The van der Waals surface area contributed by atoms with Gasteiger partial charge in [0.2, 0.25) is 0 Å². The molecule has 3 heterocycles. The monoisotopic (exact) mass is 536 g/mol. The summed E-state index contributed by atoms with van der Waals surface area (Å²) in [5, 5.41) is 1.23. The van der Waals surface area contributed by atoms with Gasteiger partial charge in [-0.25, -0.2) is 8.78 Å². The third-order valence-electron chi connectivity index (χ3n) is 8.49. The van der Waals surface area contributed by atoms with Crippen molar-refractivity contribution >= 4 is 10.9 Å². The van der Waals surface area contributed by atoms with E-state index in [0.717, 1.165) is 36.0 Å². The molecule has 2 aliphatic rings. The number of aromatic amines is 1. The number of nitrogens with zero attached hydrogens (tertiary/aromatic N) is 1. The van der Waals surface area contributed by atoms with Crippen LogP contribution in [0.2, 0.25) is 0 Å². The number of rotatable bonds is 5. The zero-order valence-corrected chi connectivity index (χ0v) is 22.5. The van der Waals surface area contributed by atoms with E-state index in [-0.39, 0.29) is 30.3 Å². The Kier molecular flexibility index (Phi) is 6.08. The third-order valence-corrected chi connectivity index (χ3v) is 8.49. The molecule has 1 N–H and O–H groups in total. The zero-order chi connectivity index (χ0) is 27.4. The summed E-state index contributed by atoms with van der Waals surface area (Å²) in [4.78, 5) is 6.23. The molecular weight excluding hydrogens is 506 g/mol. The topological polar surface area (TPSA) is 37.5 Å². The summed E-state index contributed by atoms with van der Waals surface area (Å²) < 4.78 is 40.0. The molecule has 7 rings (SSSR count). The molecule has 6 heteroatoms. The first-order valence-corrected chi connectivity index (χ1v) is 13.7. The van der Waals surface area contributed by atoms with E-state index in [1.165, 1.54) is 33.8 Å². The highest BCUT2D eigenvalue weighted by molar-refractivity contribution is 5.85. The van der Waals surface area contributed by atoms with Crippen molar-refractivity contribution in [1.82, 2.24) is 9.88 Å². The van der Waals surface area contributed by atoms with Crippen molar-refractivity contribution in [2.75, 3.05) is 13.7 Å². The van der Waals surface area contributed by atoms with Gasteiger partial charge >= 0.3 is 0 Å². The number of H-pyrrole nitrogens is 1. The summed E-state index contributed by atoms with van der Waals surface area (Å²) in [5.74, 6) is 0.858. The summed E-state index contributed by atoms with van der Waals surface area (Å²) in [7, 11) is 1.65. The summed E-state index contributed by atoms with van der Waals surface area (Å²) >= 11 is 0. The lowest BCUT2D eigenvalue weighted by atomic mass is 9.80. The molecule has 5 aromatic rings. The molecule has 0 saturated carbocycles. The van der Waals surface area contributed by atoms with E-state index in [4.69, 9.17) is 9.47 Å². The molecule has 2 unspecified atom stereocenters. The van der Waals surface area contributed by atoms with Crippen molar-refractivity contribution in [3.05, 3.63) is 130 Å². The van der Waals surface area contributed by atoms with Gasteiger partial charge in [-0.2, -0.15) is 0 Å². The standard InChI is InChI=1S/C34H30F2N2O2/c1-20-7-8-21(15-28(20)36)19-40-32-16-23-13-14-38-30(26(23)18-31(32)39-2)17-27-25-5-3-4-6-29(25)37-33(27)34(38)22-9-11-24(35)12-10-22/h3-12,15-16,18,30,34,37H,13-14,17,19H2,1-2H3. The number of para-hydroxylation sites is 1. The van der Waals surface area contributed by atoms with Crippen LogP contribution in [0, 0.1) is 18.6 Å². The first-order valence-electron chi connectivity index (χ1n) is 13.7. The number of ether oxygens (including phenoxy) is 2. The Labute approximate surface area is 232 Å². The second-order valence-corrected chi connectivity index (χ2v) is 10.8. The van der Waals surface area contributed by atoms with Crippen LogP contribution in [0.25, 0.3) is 10.9 Å². The number of fused-ring (bicyclic) bond motifs is 6. The van der Waals surface area contributed by atoms with E-state index in [9.17, 15) is 8.78 Å². The van der Waals surface area contributed by atoms with Crippen LogP contribution in [0.15, 0.2) is 78.9 Å². The van der Waals surface area contributed by atoms with E-state index in [2.05, 4.69) is 46.3 Å². The highest BCUT2D eigenvalue weighted by atomic mass is 19.1. The Morgan fingerprint density at radius 1 is 0.950 bits per heavy atom. The number of benzene rings is 4. The van der Waals surface area contributed by atoms with Crippen LogP contribution < -0.4 is 9.47 Å². The van der Waals surface area contributed by atoms with E-state index in [1.54, 1.807) is 32.2 Å². The van der Waals surface area contributed by atoms with Crippen molar-refractivity contribution in [1.29, 1.82) is 0 Å². The van der Waals surface area contributed by atoms with Gasteiger partial charge in [-0.1, -0.05) is 42.5 Å². The lowest BCUT2D eigenvalue weighted by Gasteiger charge is -2.46. The summed E-state index contributed by atoms with van der Waals surface area (Å²) in [5.41, 5.74) is 8.52. The predicted molar refractivity (Wildman–Crippen MR) is 152 cm³/mol. The highest BCUT2D eigenvalue weighted by Crippen LogP contribution is 2.49. The molecular formula is C34H30F2N2O2. The Hall–Kier alpha value is -4.16. The first-order chi connectivity index (χ1) is 19.5. The minimum absolute atomic E-state index is 0.0201. The number of nitrogens with one attached hydrogen (secondary N) is 1. The van der Waals surface area contributed by atoms with Gasteiger partial charge in [-0.05, 0) is 89.5 Å². The number of hydrogen-bond acceptors (Lipinski definition) is 3. The first kappa shape index (κ1) is 24.9. The molecule has 1 aromatic heterocycles. The maximum atomic E-state index is 14.1. The molecule has 2 aliphatic heterocycles. The van der Waals surface area contributed by atoms with Gasteiger partial charge < -0.3 is 14.5 Å². The Balaban J connectivity index is 1.28. The average molecular weight is 537 g/mol. The molecule has 0 fully saturated rings. The number of hydrogen-bond donors (Lipinski definition) is 1. The molecule has 0 bridgehead atoms. The van der Waals surface area contributed by atoms with E-state index >= 15 is 0 Å². The van der Waals surface area contributed by atoms with Crippen LogP contribution >= 0.6 is 0 Å². The van der Waals surface area contributed by atoms with Crippen molar-refractivity contribution < 1.29 is 18.3 Å². The van der Waals surface area contributed by atoms with Crippen molar-refractivity contribution in [3.8, 4) is 11.5 Å². The van der Waals surface area contributed by atoms with Gasteiger partial charge in [-0.15, -0.1) is 0 Å². The zero-order valence-electron chi connectivity index (χ0n) is 22.5. The molecule has 40 heavy (non-hydrogen) atoms. The number of aryl methyl sites for hydroxylation is 1. The Morgan fingerprint density at radius 2 is 1.77 bits per heavy atom. The van der Waals surface area contributed by atoms with Gasteiger partial charge in [0.15, 0.2) is 11.5 Å². The number of aromatic nitrogens is 1. The van der Waals surface area contributed by atoms with Crippen molar-refractivity contribution in [3.63, 3.8) is 0 Å². The van der Waals surface area contributed by atoms with Crippen LogP contribution in [0.5, 0.6) is 11.5 Å². The van der Waals surface area contributed by atoms with Crippen molar-refractivity contribution in [2.24, 2.45) is 0 Å². The van der Waals surface area contributed by atoms with Crippen molar-refractivity contribution in [2.45, 2.75) is 38.5 Å². The van der Waals surface area contributed by atoms with Gasteiger partial charge in [0.1, 0.15) is 18.2 Å². The molecule has 4 aromatic carbocycles. The summed E-state index contributed by atoms with van der Waals surface area (Å²) in [6.07, 6.45) is 1.70. The second kappa shape index (κ2) is 9.79. The molecule has 2 atom stereocenters. The lowest BCUT2D eigenvalue weighted by molar-refractivity contribution is 0.127. The third kappa shape index (κ3) is 4.14. The van der Waals surface area contributed by atoms with Gasteiger partial charge in [-0.3, -0.25) is 4.90 Å². The van der Waals surface area contributed by atoms with Crippen LogP contribution in [-0.2, 0) is 19.4 Å². The quantitative estimate of drug-likeness (QED) is 0.252. The lowest BCUT2D eigenvalue weighted by Crippen LogP contribution is -2.43. The molecule has 0 aliphatic carbocycles. The fraction of sp³-hybridized carbons (Fsp3) is 0.235. The normalized spacial score (nSPS) is 18.2. The maximum Gasteiger partial charge on any atom is 0.161 e. The van der Waals surface area contributed by atoms with Gasteiger partial charge in [0.25, 0.3) is 0 Å². The molecule has 0 saturated heterocycles. The predicted octanol–water partition coefficient (Wildman–Crippen LogP) is 7.59. The Morgan fingerprint density at radius 3 is 2.58 bits per heavy atom. The SMILES string of the molecule is COc1cc2c(cc1OCc1ccc(C)c(F)c1)CCN1C2Cc2c([nH]c3ccccc23)C1c1ccc(F)cc1. The minimum Gasteiger partial charge on any atom is -0.493 e. The van der Waals surface area contributed by atoms with E-state index in [0.29, 0.717) is 17.1 Å². The highest BCUT2D eigenvalue weighted by Gasteiger charge is 2.41. The molecule has 0 amide bonds. The van der Waals surface area contributed by atoms with E-state index < -0.39 is 0 Å². The number of halogens is 2. The molecule has 0 spiro atoms. The molecule has 202 valence electrons. The Bertz CT molecular complexity index is 1730. The second-order valence-electron chi connectivity index (χ2n) is 10.8. The smallest absolute Gasteiger partial charge is 0.161 e. The van der Waals surface area contributed by atoms with E-state index in [1.807, 2.05) is 18.2 Å². The summed E-state index contributed by atoms with van der Waals surface area (Å²) in [6, 6.07) is 24.8. The average Bonchev–Trinajstić information content (AvgIpc) is 3.35. The van der Waals surface area contributed by atoms with Gasteiger partial charge in [0.05, 0.1) is 13.2 Å². The minimum atomic E-state index is -0.234. The largest absolute Gasteiger partial charge is 0.493 e. The van der Waals surface area contributed by atoms with Crippen LogP contribution in [0.1, 0.15) is 51.2 Å². The fourth-order valence-electron chi connectivity index (χ4n) is 6.46. The number of methoxy groups -OCH3 is 1. The summed E-state index contributed by atoms with van der Waals surface area (Å²) in [6.45, 7) is 2.86. The van der Waals surface area contributed by atoms with Crippen LogP contribution in [0.3, 0.4) is 0 Å². The molecule has 0 radical (unpaired) electrons. The maximum absolute atomic E-state index is 14.1. The molecule has 4 nitrogen and oxygen atoms in total.